The van der Waals surface area contributed by atoms with Gasteiger partial charge in [0.2, 0.25) is 0 Å². The highest BCUT2D eigenvalue weighted by Crippen LogP contribution is 2.51. The zero-order valence-electron chi connectivity index (χ0n) is 62.5. The lowest BCUT2D eigenvalue weighted by atomic mass is 9.82. The molecule has 23 rings (SSSR count). The minimum atomic E-state index is -0.146. The summed E-state index contributed by atoms with van der Waals surface area (Å²) in [5.74, 6) is 3.86. The quantitative estimate of drug-likeness (QED) is 0.128. The van der Waals surface area contributed by atoms with Crippen molar-refractivity contribution in [2.75, 3.05) is 0 Å². The zero-order chi connectivity index (χ0) is 76.2. The van der Waals surface area contributed by atoms with Crippen LogP contribution in [0.2, 0.25) is 0 Å². The summed E-state index contributed by atoms with van der Waals surface area (Å²) < 4.78 is 10.3. The van der Waals surface area contributed by atoms with Crippen LogP contribution in [0.15, 0.2) is 364 Å². The third-order valence-electron chi connectivity index (χ3n) is 22.6. The van der Waals surface area contributed by atoms with Crippen molar-refractivity contribution in [3.63, 3.8) is 0 Å². The first kappa shape index (κ1) is 68.2. The van der Waals surface area contributed by atoms with Gasteiger partial charge in [-0.3, -0.25) is 0 Å². The predicted molar refractivity (Wildman–Crippen MR) is 489 cm³/mol. The highest BCUT2D eigenvalue weighted by Gasteiger charge is 2.36. The number of fused-ring (bicyclic) bond motifs is 15. The molecule has 0 bridgehead atoms. The Bertz CT molecular complexity index is 7380. The summed E-state index contributed by atoms with van der Waals surface area (Å²) in [6.45, 7) is 4.63. The molecule has 0 aliphatic heterocycles. The van der Waals surface area contributed by atoms with E-state index in [0.717, 1.165) is 89.0 Å². The molecular formula is C105H66N6S4. The summed E-state index contributed by atoms with van der Waals surface area (Å²) >= 11 is 7.37. The van der Waals surface area contributed by atoms with Gasteiger partial charge < -0.3 is 0 Å². The van der Waals surface area contributed by atoms with E-state index in [9.17, 15) is 0 Å². The Balaban J connectivity index is 0.000000140. The SMILES string of the molecule is CC1(C)c2ccccc2-c2ccc(-c3nc(-c4ccccc4)nc(-c4cc(-c5ccc6sc7ccccc7c6c5)cc(-c5ccc6sc7ccccc7c6c5)c4)n3)cc21.c1ccc(-c2cccc(-c3nc(-c4ccccc4)nc(-c4cc(-c5ccc6sc7ccccc7c6c5)cc(-c5ccc6sc7ccccc7c6c5)c4)n3)c2)cc1. The molecule has 22 aromatic rings. The van der Waals surface area contributed by atoms with Gasteiger partial charge in [-0.25, -0.2) is 29.9 Å². The molecular weight excluding hydrogens is 1470 g/mol. The van der Waals surface area contributed by atoms with Crippen molar-refractivity contribution < 1.29 is 0 Å². The van der Waals surface area contributed by atoms with Gasteiger partial charge in [-0.2, -0.15) is 0 Å². The second-order valence-corrected chi connectivity index (χ2v) is 34.4. The number of aromatic nitrogens is 6. The van der Waals surface area contributed by atoms with Crippen LogP contribution < -0.4 is 0 Å². The molecule has 0 spiro atoms. The van der Waals surface area contributed by atoms with Crippen LogP contribution in [-0.4, -0.2) is 29.9 Å². The van der Waals surface area contributed by atoms with Crippen LogP contribution >= 0.6 is 45.3 Å². The van der Waals surface area contributed by atoms with Crippen LogP contribution in [0.3, 0.4) is 0 Å². The molecule has 0 saturated carbocycles. The molecule has 115 heavy (non-hydrogen) atoms. The smallest absolute Gasteiger partial charge is 0.164 e. The second-order valence-electron chi connectivity index (χ2n) is 30.1. The fourth-order valence-electron chi connectivity index (χ4n) is 16.8. The van der Waals surface area contributed by atoms with Gasteiger partial charge in [0.25, 0.3) is 0 Å². The molecule has 0 radical (unpaired) electrons. The minimum absolute atomic E-state index is 0.146. The Morgan fingerprint density at radius 2 is 0.426 bits per heavy atom. The molecule has 0 unspecified atom stereocenters. The molecule has 16 aromatic carbocycles. The van der Waals surface area contributed by atoms with Crippen LogP contribution in [0.4, 0.5) is 0 Å². The summed E-state index contributed by atoms with van der Waals surface area (Å²) in [5.41, 5.74) is 22.1. The van der Waals surface area contributed by atoms with Crippen molar-refractivity contribution in [3.8, 4) is 135 Å². The van der Waals surface area contributed by atoms with E-state index in [1.54, 1.807) is 0 Å². The number of hydrogen-bond acceptors (Lipinski definition) is 10. The number of thiophene rings is 4. The van der Waals surface area contributed by atoms with Crippen molar-refractivity contribution in [1.29, 1.82) is 0 Å². The molecule has 6 nitrogen and oxygen atoms in total. The fourth-order valence-corrected chi connectivity index (χ4v) is 21.2. The molecule has 10 heteroatoms. The van der Waals surface area contributed by atoms with E-state index < -0.39 is 0 Å². The van der Waals surface area contributed by atoms with Gasteiger partial charge in [0.15, 0.2) is 34.9 Å². The molecule has 0 fully saturated rings. The van der Waals surface area contributed by atoms with Gasteiger partial charge in [0.1, 0.15) is 0 Å². The zero-order valence-corrected chi connectivity index (χ0v) is 65.7. The van der Waals surface area contributed by atoms with E-state index in [1.807, 2.05) is 87.8 Å². The maximum atomic E-state index is 5.34. The molecule has 1 aliphatic carbocycles. The Hall–Kier alpha value is -13.6. The first-order valence-corrected chi connectivity index (χ1v) is 41.9. The summed E-state index contributed by atoms with van der Waals surface area (Å²) in [6, 6.07) is 131. The maximum Gasteiger partial charge on any atom is 0.164 e. The normalized spacial score (nSPS) is 12.3. The van der Waals surface area contributed by atoms with Crippen molar-refractivity contribution in [1.82, 2.24) is 29.9 Å². The third kappa shape index (κ3) is 12.4. The second kappa shape index (κ2) is 28.0. The van der Waals surface area contributed by atoms with E-state index in [2.05, 4.69) is 335 Å². The molecule has 0 amide bonds. The van der Waals surface area contributed by atoms with E-state index in [1.165, 1.54) is 103 Å². The molecule has 0 N–H and O–H groups in total. The Labute approximate surface area is 680 Å². The van der Waals surface area contributed by atoms with Gasteiger partial charge >= 0.3 is 0 Å². The molecule has 0 atom stereocenters. The Kier molecular flexibility index (Phi) is 16.6. The van der Waals surface area contributed by atoms with Crippen LogP contribution in [-0.2, 0) is 5.41 Å². The van der Waals surface area contributed by atoms with Crippen molar-refractivity contribution >= 4 is 126 Å². The van der Waals surface area contributed by atoms with Crippen molar-refractivity contribution in [2.24, 2.45) is 0 Å². The van der Waals surface area contributed by atoms with Crippen LogP contribution in [0.5, 0.6) is 0 Å². The van der Waals surface area contributed by atoms with Gasteiger partial charge in [-0.1, -0.05) is 257 Å². The lowest BCUT2D eigenvalue weighted by molar-refractivity contribution is 0.660. The molecule has 0 saturated heterocycles. The minimum Gasteiger partial charge on any atom is -0.208 e. The average molecular weight is 1540 g/mol. The van der Waals surface area contributed by atoms with Gasteiger partial charge in [-0.05, 0) is 199 Å². The number of benzene rings is 16. The molecule has 540 valence electrons. The van der Waals surface area contributed by atoms with E-state index in [4.69, 9.17) is 29.9 Å². The van der Waals surface area contributed by atoms with E-state index in [0.29, 0.717) is 34.9 Å². The number of hydrogen-bond donors (Lipinski definition) is 0. The van der Waals surface area contributed by atoms with E-state index in [-0.39, 0.29) is 5.41 Å². The average Bonchev–Trinajstić information content (AvgIpc) is 1.16. The highest BCUT2D eigenvalue weighted by atomic mass is 32.1. The largest absolute Gasteiger partial charge is 0.208 e. The maximum absolute atomic E-state index is 5.34. The highest BCUT2D eigenvalue weighted by molar-refractivity contribution is 7.27. The number of rotatable bonds is 11. The van der Waals surface area contributed by atoms with Crippen LogP contribution in [0.25, 0.3) is 216 Å². The molecule has 1 aliphatic rings. The van der Waals surface area contributed by atoms with Crippen molar-refractivity contribution in [3.05, 3.63) is 375 Å². The Morgan fingerprint density at radius 3 is 0.826 bits per heavy atom. The van der Waals surface area contributed by atoms with Gasteiger partial charge in [0, 0.05) is 119 Å². The van der Waals surface area contributed by atoms with Crippen molar-refractivity contribution in [2.45, 2.75) is 19.3 Å². The summed E-state index contributed by atoms with van der Waals surface area (Å²) in [5, 5.41) is 10.2. The fraction of sp³-hybridized carbons (Fsp3) is 0.0286. The topological polar surface area (TPSA) is 77.3 Å². The Morgan fingerprint density at radius 1 is 0.165 bits per heavy atom. The third-order valence-corrected chi connectivity index (χ3v) is 27.2. The molecule has 6 aromatic heterocycles. The van der Waals surface area contributed by atoms with E-state index >= 15 is 0 Å². The summed E-state index contributed by atoms with van der Waals surface area (Å²) in [7, 11) is 0. The lowest BCUT2D eigenvalue weighted by Crippen LogP contribution is -2.15. The van der Waals surface area contributed by atoms with Gasteiger partial charge in [0.05, 0.1) is 0 Å². The summed E-state index contributed by atoms with van der Waals surface area (Å²) in [6.07, 6.45) is 0. The molecule has 6 heterocycles. The number of nitrogens with zero attached hydrogens (tertiary/aromatic N) is 6. The van der Waals surface area contributed by atoms with Crippen LogP contribution in [0, 0.1) is 0 Å². The summed E-state index contributed by atoms with van der Waals surface area (Å²) in [4.78, 5) is 31.3. The lowest BCUT2D eigenvalue weighted by Gasteiger charge is -2.21. The van der Waals surface area contributed by atoms with Crippen LogP contribution in [0.1, 0.15) is 25.0 Å². The predicted octanol–water partition coefficient (Wildman–Crippen LogP) is 29.9. The van der Waals surface area contributed by atoms with Gasteiger partial charge in [-0.15, -0.1) is 45.3 Å². The standard InChI is InChI=1S/C54H35N3S2.C51H31N3S2/c1-54(2)45-17-9-6-14-39(45)40-23-20-35(31-46(40)54)52-55-51(32-12-4-3-5-13-32)56-53(57-52)38-27-36(33-21-24-49-43(29-33)41-15-7-10-18-47(41)58-49)26-37(28-38)34-22-25-50-44(30-34)42-16-8-11-19-48(42)59-50;1-3-12-32(13-4-1)34-16-11-17-37(26-34)50-52-49(33-14-5-2-6-15-33)53-51(54-50)40-28-38(35-22-24-47-43(30-35)41-18-7-9-20-45(41)55-47)27-39(29-40)36-23-25-48-44(31-36)42-19-8-10-21-46(42)56-48/h3-31H,1-2H3;1-31H. The first-order valence-electron chi connectivity index (χ1n) is 38.7. The first-order chi connectivity index (χ1) is 56.6. The monoisotopic (exact) mass is 1540 g/mol.